The number of hydrogen-bond acceptors (Lipinski definition) is 4. The molecule has 0 saturated carbocycles. The van der Waals surface area contributed by atoms with E-state index in [9.17, 15) is 13.6 Å². The molecule has 23 heavy (non-hydrogen) atoms. The Morgan fingerprint density at radius 2 is 2.04 bits per heavy atom. The van der Waals surface area contributed by atoms with Crippen molar-refractivity contribution in [3.05, 3.63) is 35.7 Å². The van der Waals surface area contributed by atoms with E-state index in [1.54, 1.807) is 4.68 Å². The van der Waals surface area contributed by atoms with Crippen LogP contribution in [-0.4, -0.2) is 29.4 Å². The number of aromatic nitrogens is 2. The van der Waals surface area contributed by atoms with Crippen molar-refractivity contribution < 1.29 is 23.0 Å². The molecule has 1 aromatic carbocycles. The number of methoxy groups -OCH3 is 1. The molecular weight excluding hydrogens is 308 g/mol. The van der Waals surface area contributed by atoms with Gasteiger partial charge in [0.1, 0.15) is 6.54 Å². The van der Waals surface area contributed by atoms with Crippen molar-refractivity contribution in [1.29, 1.82) is 0 Å². The summed E-state index contributed by atoms with van der Waals surface area (Å²) in [5.41, 5.74) is 2.11. The van der Waals surface area contributed by atoms with Crippen LogP contribution in [0.25, 0.3) is 0 Å². The number of ether oxygens (including phenoxy) is 2. The van der Waals surface area contributed by atoms with Crippen LogP contribution in [0.1, 0.15) is 11.4 Å². The second-order valence-corrected chi connectivity index (χ2v) is 4.88. The van der Waals surface area contributed by atoms with Crippen LogP contribution in [0.2, 0.25) is 0 Å². The molecule has 0 saturated heterocycles. The van der Waals surface area contributed by atoms with Gasteiger partial charge in [-0.2, -0.15) is 13.9 Å². The number of halogens is 2. The first kappa shape index (κ1) is 16.7. The van der Waals surface area contributed by atoms with E-state index in [0.717, 1.165) is 11.4 Å². The minimum atomic E-state index is -2.95. The summed E-state index contributed by atoms with van der Waals surface area (Å²) in [6, 6.07) is 6.05. The molecule has 1 heterocycles. The highest BCUT2D eigenvalue weighted by Crippen LogP contribution is 2.31. The molecule has 2 aromatic rings. The van der Waals surface area contributed by atoms with E-state index in [1.165, 1.54) is 25.3 Å². The monoisotopic (exact) mass is 325 g/mol. The van der Waals surface area contributed by atoms with Gasteiger partial charge in [0, 0.05) is 17.4 Å². The lowest BCUT2D eigenvalue weighted by atomic mass is 10.2. The van der Waals surface area contributed by atoms with Gasteiger partial charge in [0.05, 0.1) is 12.8 Å². The molecule has 0 radical (unpaired) electrons. The second kappa shape index (κ2) is 7.08. The molecule has 1 aromatic heterocycles. The van der Waals surface area contributed by atoms with Crippen LogP contribution in [-0.2, 0) is 11.3 Å². The maximum absolute atomic E-state index is 12.3. The lowest BCUT2D eigenvalue weighted by molar-refractivity contribution is -0.116. The van der Waals surface area contributed by atoms with Crippen molar-refractivity contribution in [1.82, 2.24) is 9.78 Å². The summed E-state index contributed by atoms with van der Waals surface area (Å²) in [6.07, 6.45) is 0. The Labute approximate surface area is 132 Å². The summed E-state index contributed by atoms with van der Waals surface area (Å²) < 4.78 is 35.4. The van der Waals surface area contributed by atoms with Gasteiger partial charge in [-0.05, 0) is 32.0 Å². The number of carbonyl (C=O) groups is 1. The number of nitrogens with zero attached hydrogens (tertiary/aromatic N) is 2. The average Bonchev–Trinajstić information content (AvgIpc) is 2.77. The highest BCUT2D eigenvalue weighted by atomic mass is 19.3. The van der Waals surface area contributed by atoms with Crippen LogP contribution in [0.3, 0.4) is 0 Å². The standard InChI is InChI=1S/C15H17F2N3O3/c1-9-6-10(2)20(19-9)8-14(21)18-11-4-5-12(23-15(16)17)13(7-11)22-3/h4-7,15H,8H2,1-3H3,(H,18,21). The molecule has 0 atom stereocenters. The number of hydrogen-bond donors (Lipinski definition) is 1. The number of anilines is 1. The number of amides is 1. The molecule has 1 N–H and O–H groups in total. The Balaban J connectivity index is 2.07. The van der Waals surface area contributed by atoms with Crippen LogP contribution in [0, 0.1) is 13.8 Å². The van der Waals surface area contributed by atoms with Crippen LogP contribution in [0.4, 0.5) is 14.5 Å². The van der Waals surface area contributed by atoms with E-state index in [4.69, 9.17) is 4.74 Å². The molecule has 124 valence electrons. The normalized spacial score (nSPS) is 10.7. The third kappa shape index (κ3) is 4.41. The lowest BCUT2D eigenvalue weighted by Gasteiger charge is -2.12. The van der Waals surface area contributed by atoms with E-state index in [1.807, 2.05) is 19.9 Å². The molecule has 0 aliphatic rings. The van der Waals surface area contributed by atoms with Crippen LogP contribution >= 0.6 is 0 Å². The maximum atomic E-state index is 12.3. The number of alkyl halides is 2. The Hall–Kier alpha value is -2.64. The number of carbonyl (C=O) groups excluding carboxylic acids is 1. The van der Waals surface area contributed by atoms with Gasteiger partial charge in [0.15, 0.2) is 11.5 Å². The first-order valence-electron chi connectivity index (χ1n) is 6.83. The van der Waals surface area contributed by atoms with Gasteiger partial charge in [-0.15, -0.1) is 0 Å². The molecule has 0 fully saturated rings. The summed E-state index contributed by atoms with van der Waals surface area (Å²) in [5.74, 6) is -0.283. The van der Waals surface area contributed by atoms with E-state index in [0.29, 0.717) is 5.69 Å². The topological polar surface area (TPSA) is 65.4 Å². The number of aryl methyl sites for hydroxylation is 2. The first-order chi connectivity index (χ1) is 10.9. The van der Waals surface area contributed by atoms with Gasteiger partial charge in [0.2, 0.25) is 5.91 Å². The summed E-state index contributed by atoms with van der Waals surface area (Å²) in [7, 11) is 1.33. The lowest BCUT2D eigenvalue weighted by Crippen LogP contribution is -2.20. The second-order valence-electron chi connectivity index (χ2n) is 4.88. The predicted octanol–water partition coefficient (Wildman–Crippen LogP) is 2.75. The van der Waals surface area contributed by atoms with Crippen molar-refractivity contribution in [3.63, 3.8) is 0 Å². The van der Waals surface area contributed by atoms with E-state index in [-0.39, 0.29) is 24.0 Å². The van der Waals surface area contributed by atoms with Gasteiger partial charge in [-0.25, -0.2) is 0 Å². The summed E-state index contributed by atoms with van der Waals surface area (Å²) in [4.78, 5) is 12.0. The molecule has 0 bridgehead atoms. The molecule has 0 aliphatic carbocycles. The van der Waals surface area contributed by atoms with Crippen LogP contribution in [0.15, 0.2) is 24.3 Å². The predicted molar refractivity (Wildman–Crippen MR) is 80.0 cm³/mol. The van der Waals surface area contributed by atoms with Crippen LogP contribution in [0.5, 0.6) is 11.5 Å². The molecule has 6 nitrogen and oxygen atoms in total. The average molecular weight is 325 g/mol. The molecule has 8 heteroatoms. The zero-order chi connectivity index (χ0) is 17.0. The maximum Gasteiger partial charge on any atom is 0.387 e. The Bertz CT molecular complexity index is 701. The molecule has 0 spiro atoms. The fourth-order valence-corrected chi connectivity index (χ4v) is 2.11. The zero-order valence-electron chi connectivity index (χ0n) is 13.0. The van der Waals surface area contributed by atoms with E-state index >= 15 is 0 Å². The van der Waals surface area contributed by atoms with Crippen molar-refractivity contribution >= 4 is 11.6 Å². The molecule has 2 rings (SSSR count). The molecule has 0 aliphatic heterocycles. The SMILES string of the molecule is COc1cc(NC(=O)Cn2nc(C)cc2C)ccc1OC(F)F. The summed E-state index contributed by atoms with van der Waals surface area (Å²) in [6.45, 7) is 0.799. The number of benzene rings is 1. The largest absolute Gasteiger partial charge is 0.493 e. The van der Waals surface area contributed by atoms with E-state index < -0.39 is 6.61 Å². The number of rotatable bonds is 6. The Kier molecular flexibility index (Phi) is 5.15. The van der Waals surface area contributed by atoms with Gasteiger partial charge < -0.3 is 14.8 Å². The fraction of sp³-hybridized carbons (Fsp3) is 0.333. The quantitative estimate of drug-likeness (QED) is 0.887. The van der Waals surface area contributed by atoms with Crippen molar-refractivity contribution in [2.45, 2.75) is 27.0 Å². The number of nitrogens with one attached hydrogen (secondary N) is 1. The third-order valence-electron chi connectivity index (χ3n) is 3.06. The third-order valence-corrected chi connectivity index (χ3v) is 3.06. The Morgan fingerprint density at radius 3 is 2.61 bits per heavy atom. The fourth-order valence-electron chi connectivity index (χ4n) is 2.11. The highest BCUT2D eigenvalue weighted by molar-refractivity contribution is 5.90. The minimum Gasteiger partial charge on any atom is -0.493 e. The Morgan fingerprint density at radius 1 is 1.30 bits per heavy atom. The molecular formula is C15H17F2N3O3. The first-order valence-corrected chi connectivity index (χ1v) is 6.83. The van der Waals surface area contributed by atoms with Crippen molar-refractivity contribution in [2.75, 3.05) is 12.4 Å². The smallest absolute Gasteiger partial charge is 0.387 e. The van der Waals surface area contributed by atoms with Gasteiger partial charge in [-0.3, -0.25) is 9.48 Å². The summed E-state index contributed by atoms with van der Waals surface area (Å²) in [5, 5.41) is 6.86. The molecule has 0 unspecified atom stereocenters. The molecule has 1 amide bonds. The minimum absolute atomic E-state index is 0.0529. The van der Waals surface area contributed by atoms with Gasteiger partial charge >= 0.3 is 6.61 Å². The van der Waals surface area contributed by atoms with Crippen molar-refractivity contribution in [2.24, 2.45) is 0 Å². The van der Waals surface area contributed by atoms with Gasteiger partial charge in [-0.1, -0.05) is 0 Å². The van der Waals surface area contributed by atoms with Crippen LogP contribution < -0.4 is 14.8 Å². The highest BCUT2D eigenvalue weighted by Gasteiger charge is 2.13. The van der Waals surface area contributed by atoms with E-state index in [2.05, 4.69) is 15.2 Å². The summed E-state index contributed by atoms with van der Waals surface area (Å²) >= 11 is 0. The zero-order valence-corrected chi connectivity index (χ0v) is 13.0. The van der Waals surface area contributed by atoms with Gasteiger partial charge in [0.25, 0.3) is 0 Å². The van der Waals surface area contributed by atoms with Crippen molar-refractivity contribution in [3.8, 4) is 11.5 Å².